The van der Waals surface area contributed by atoms with E-state index in [2.05, 4.69) is 21.8 Å². The maximum Gasteiger partial charge on any atom is 0.414 e. The fourth-order valence-electron chi connectivity index (χ4n) is 3.42. The van der Waals surface area contributed by atoms with E-state index in [1.54, 1.807) is 5.01 Å². The molecule has 1 aliphatic rings. The molecule has 0 aromatic heterocycles. The zero-order valence-electron chi connectivity index (χ0n) is 19.5. The molecule has 0 bridgehead atoms. The average molecular weight is 529 g/mol. The lowest BCUT2D eigenvalue weighted by Crippen LogP contribution is -2.34. The number of hydrazine groups is 1. The van der Waals surface area contributed by atoms with Crippen LogP contribution in [-0.4, -0.2) is 54.5 Å². The van der Waals surface area contributed by atoms with E-state index in [4.69, 9.17) is 25.6 Å². The molecule has 194 valence electrons. The first-order chi connectivity index (χ1) is 17.6. The predicted octanol–water partition coefficient (Wildman–Crippen LogP) is 1.99. The largest absolute Gasteiger partial charge is 0.473 e. The van der Waals surface area contributed by atoms with E-state index in [-0.39, 0.29) is 11.4 Å². The van der Waals surface area contributed by atoms with Gasteiger partial charge in [-0.25, -0.2) is 33.0 Å². The molecule has 0 amide bonds. The number of benzene rings is 3. The third-order valence-corrected chi connectivity index (χ3v) is 6.73. The fourth-order valence-corrected chi connectivity index (χ4v) is 4.51. The van der Waals surface area contributed by atoms with Crippen LogP contribution in [0.2, 0.25) is 0 Å². The van der Waals surface area contributed by atoms with Crippen molar-refractivity contribution >= 4 is 27.8 Å². The number of hydrogen-bond donors (Lipinski definition) is 4. The van der Waals surface area contributed by atoms with Crippen LogP contribution in [0.5, 0.6) is 0 Å². The molecule has 0 unspecified atom stereocenters. The molecule has 10 nitrogen and oxygen atoms in total. The summed E-state index contributed by atoms with van der Waals surface area (Å²) in [6.45, 7) is 1.54. The molecule has 12 heteroatoms. The molecule has 5 N–H and O–H groups in total. The van der Waals surface area contributed by atoms with Gasteiger partial charge in [-0.1, -0.05) is 60.7 Å². The van der Waals surface area contributed by atoms with E-state index in [1.807, 2.05) is 36.4 Å². The van der Waals surface area contributed by atoms with Crippen LogP contribution in [0.3, 0.4) is 0 Å². The number of carboxylic acids is 2. The lowest BCUT2D eigenvalue weighted by Gasteiger charge is -2.13. The molecule has 3 aromatic rings. The first-order valence-electron chi connectivity index (χ1n) is 11.0. The standard InChI is InChI=1S/C23H23FN4O2S.C2H2O4/c24-21-3-1-2-4-22(21)31(29,30)27-16-19-7-5-17(6-8-19)15-18-9-11-20(12-10-18)23-26-13-14-28(23)25;3-1(4)2(5)6/h1-12,27H,13-16,25H2;(H,3,4)(H,5,6). The molecule has 1 heterocycles. The SMILES string of the molecule is NN1CCN=C1c1ccc(Cc2ccc(CNS(=O)(=O)c3ccccc3F)cc2)cc1.O=C(O)C(=O)O. The molecule has 37 heavy (non-hydrogen) atoms. The Labute approximate surface area is 212 Å². The van der Waals surface area contributed by atoms with E-state index in [1.165, 1.54) is 18.2 Å². The highest BCUT2D eigenvalue weighted by Crippen LogP contribution is 2.16. The van der Waals surface area contributed by atoms with Crippen LogP contribution in [0, 0.1) is 5.82 Å². The van der Waals surface area contributed by atoms with Gasteiger partial charge in [0, 0.05) is 12.1 Å². The van der Waals surface area contributed by atoms with Crippen molar-refractivity contribution in [1.82, 2.24) is 9.73 Å². The van der Waals surface area contributed by atoms with Crippen molar-refractivity contribution in [2.24, 2.45) is 10.8 Å². The number of amidine groups is 1. The average Bonchev–Trinajstić information content (AvgIpc) is 3.30. The Hall–Kier alpha value is -4.13. The normalized spacial score (nSPS) is 12.9. The molecular formula is C25H25FN4O6S. The first kappa shape index (κ1) is 27.5. The van der Waals surface area contributed by atoms with E-state index in [9.17, 15) is 12.8 Å². The Morgan fingerprint density at radius 2 is 1.46 bits per heavy atom. The van der Waals surface area contributed by atoms with Gasteiger partial charge >= 0.3 is 11.9 Å². The lowest BCUT2D eigenvalue weighted by molar-refractivity contribution is -0.159. The summed E-state index contributed by atoms with van der Waals surface area (Å²) >= 11 is 0. The molecule has 0 atom stereocenters. The third kappa shape index (κ3) is 7.67. The molecule has 0 saturated carbocycles. The molecule has 0 fully saturated rings. The summed E-state index contributed by atoms with van der Waals surface area (Å²) in [4.78, 5) is 22.3. The van der Waals surface area contributed by atoms with Crippen LogP contribution in [-0.2, 0) is 32.6 Å². The summed E-state index contributed by atoms with van der Waals surface area (Å²) in [5.74, 6) is 2.32. The number of nitrogens with two attached hydrogens (primary N) is 1. The Morgan fingerprint density at radius 1 is 0.919 bits per heavy atom. The van der Waals surface area contributed by atoms with Crippen molar-refractivity contribution in [2.45, 2.75) is 17.9 Å². The summed E-state index contributed by atoms with van der Waals surface area (Å²) < 4.78 is 40.8. The van der Waals surface area contributed by atoms with Crippen molar-refractivity contribution in [3.05, 3.63) is 101 Å². The van der Waals surface area contributed by atoms with Crippen LogP contribution in [0.4, 0.5) is 4.39 Å². The Balaban J connectivity index is 0.000000568. The maximum absolute atomic E-state index is 13.8. The second-order valence-corrected chi connectivity index (χ2v) is 9.69. The minimum atomic E-state index is -3.91. The fraction of sp³-hybridized carbons (Fsp3) is 0.160. The topological polar surface area (TPSA) is 162 Å². The number of halogens is 1. The smallest absolute Gasteiger partial charge is 0.414 e. The van der Waals surface area contributed by atoms with Crippen LogP contribution in [0.15, 0.2) is 82.7 Å². The van der Waals surface area contributed by atoms with Crippen LogP contribution >= 0.6 is 0 Å². The summed E-state index contributed by atoms with van der Waals surface area (Å²) in [6.07, 6.45) is 0.750. The summed E-state index contributed by atoms with van der Waals surface area (Å²) in [5, 5.41) is 16.4. The zero-order chi connectivity index (χ0) is 27.0. The Kier molecular flexibility index (Phi) is 9.06. The maximum atomic E-state index is 13.8. The van der Waals surface area contributed by atoms with Gasteiger partial charge in [-0.05, 0) is 35.2 Å². The second kappa shape index (κ2) is 12.2. The van der Waals surface area contributed by atoms with Gasteiger partial charge in [0.15, 0.2) is 0 Å². The van der Waals surface area contributed by atoms with Crippen molar-refractivity contribution in [2.75, 3.05) is 13.1 Å². The van der Waals surface area contributed by atoms with Crippen molar-refractivity contribution in [3.8, 4) is 0 Å². The number of sulfonamides is 1. The highest BCUT2D eigenvalue weighted by Gasteiger charge is 2.18. The molecule has 1 aliphatic heterocycles. The third-order valence-electron chi connectivity index (χ3n) is 5.29. The van der Waals surface area contributed by atoms with Crippen LogP contribution in [0.25, 0.3) is 0 Å². The van der Waals surface area contributed by atoms with Gasteiger partial charge in [0.25, 0.3) is 0 Å². The zero-order valence-corrected chi connectivity index (χ0v) is 20.4. The van der Waals surface area contributed by atoms with E-state index in [0.717, 1.165) is 53.7 Å². The van der Waals surface area contributed by atoms with Crippen molar-refractivity contribution in [1.29, 1.82) is 0 Å². The molecule has 4 rings (SSSR count). The van der Waals surface area contributed by atoms with Crippen molar-refractivity contribution < 1.29 is 32.6 Å². The summed E-state index contributed by atoms with van der Waals surface area (Å²) in [7, 11) is -3.91. The molecule has 0 radical (unpaired) electrons. The van der Waals surface area contributed by atoms with Gasteiger partial charge in [-0.15, -0.1) is 0 Å². The highest BCUT2D eigenvalue weighted by molar-refractivity contribution is 7.89. The minimum absolute atomic E-state index is 0.0867. The molecule has 0 aliphatic carbocycles. The second-order valence-electron chi connectivity index (χ2n) is 7.95. The number of aliphatic imine (C=N–C) groups is 1. The van der Waals surface area contributed by atoms with Gasteiger partial charge < -0.3 is 10.2 Å². The van der Waals surface area contributed by atoms with Gasteiger partial charge in [0.2, 0.25) is 10.0 Å². The predicted molar refractivity (Wildman–Crippen MR) is 134 cm³/mol. The molecule has 3 aromatic carbocycles. The van der Waals surface area contributed by atoms with Crippen molar-refractivity contribution in [3.63, 3.8) is 0 Å². The minimum Gasteiger partial charge on any atom is -0.473 e. The van der Waals surface area contributed by atoms with E-state index < -0.39 is 27.8 Å². The van der Waals surface area contributed by atoms with Gasteiger partial charge in [-0.2, -0.15) is 0 Å². The Bertz CT molecular complexity index is 1380. The lowest BCUT2D eigenvalue weighted by atomic mass is 10.0. The number of nitrogens with zero attached hydrogens (tertiary/aromatic N) is 2. The number of nitrogens with one attached hydrogen (secondary N) is 1. The Morgan fingerprint density at radius 3 is 1.97 bits per heavy atom. The summed E-state index contributed by atoms with van der Waals surface area (Å²) in [6, 6.07) is 21.1. The highest BCUT2D eigenvalue weighted by atomic mass is 32.2. The number of carboxylic acid groups (broad SMARTS) is 2. The quantitative estimate of drug-likeness (QED) is 0.267. The number of carbonyl (C=O) groups is 2. The number of rotatable bonds is 7. The van der Waals surface area contributed by atoms with E-state index in [0.29, 0.717) is 0 Å². The molecule has 0 spiro atoms. The molecular weight excluding hydrogens is 503 g/mol. The van der Waals surface area contributed by atoms with Gasteiger partial charge in [0.05, 0.1) is 13.1 Å². The van der Waals surface area contributed by atoms with E-state index >= 15 is 0 Å². The molecule has 0 saturated heterocycles. The first-order valence-corrected chi connectivity index (χ1v) is 12.5. The van der Waals surface area contributed by atoms with Gasteiger partial charge in [0.1, 0.15) is 16.5 Å². The number of hydrogen-bond acceptors (Lipinski definition) is 7. The van der Waals surface area contributed by atoms with Gasteiger partial charge in [-0.3, -0.25) is 10.0 Å². The number of aliphatic carboxylic acids is 2. The van der Waals surface area contributed by atoms with Crippen LogP contribution < -0.4 is 10.6 Å². The van der Waals surface area contributed by atoms with Crippen LogP contribution in [0.1, 0.15) is 22.3 Å². The monoisotopic (exact) mass is 528 g/mol. The summed E-state index contributed by atoms with van der Waals surface area (Å²) in [5.41, 5.74) is 4.05.